The summed E-state index contributed by atoms with van der Waals surface area (Å²) in [4.78, 5) is 2.45. The van der Waals surface area contributed by atoms with E-state index in [1.165, 1.54) is 45.4 Å². The van der Waals surface area contributed by atoms with E-state index in [2.05, 4.69) is 85.1 Å². The van der Waals surface area contributed by atoms with E-state index in [9.17, 15) is 4.39 Å². The Balaban J connectivity index is 1.77. The lowest BCUT2D eigenvalue weighted by Gasteiger charge is -2.34. The molecule has 0 amide bonds. The first-order valence-corrected chi connectivity index (χ1v) is 10.9. The topological polar surface area (TPSA) is 8.17 Å². The average Bonchev–Trinajstić information content (AvgIpc) is 3.07. The molecule has 1 aromatic heterocycles. The molecule has 0 radical (unpaired) electrons. The number of rotatable bonds is 3. The summed E-state index contributed by atoms with van der Waals surface area (Å²) in [6.45, 7) is 5.29. The lowest BCUT2D eigenvalue weighted by molar-refractivity contribution is 0.259. The van der Waals surface area contributed by atoms with Crippen molar-refractivity contribution in [3.8, 4) is 0 Å². The molecule has 3 aromatic carbocycles. The number of nitrogens with zero attached hydrogens (tertiary/aromatic N) is 2. The Labute approximate surface area is 183 Å². The summed E-state index contributed by atoms with van der Waals surface area (Å²) in [6.07, 6.45) is 3.25. The molecule has 1 atom stereocenters. The summed E-state index contributed by atoms with van der Waals surface area (Å²) < 4.78 is 15.8. The summed E-state index contributed by atoms with van der Waals surface area (Å²) in [5, 5.41) is 1.34. The maximum absolute atomic E-state index is 13.5. The van der Waals surface area contributed by atoms with Gasteiger partial charge in [0.15, 0.2) is 0 Å². The molecular weight excluding hydrogens is 383 g/mol. The van der Waals surface area contributed by atoms with E-state index in [4.69, 9.17) is 0 Å². The fraction of sp³-hybridized carbons (Fsp3) is 0.214. The molecule has 0 N–H and O–H groups in total. The van der Waals surface area contributed by atoms with Crippen molar-refractivity contribution in [2.75, 3.05) is 13.6 Å². The largest absolute Gasteiger partial charge is 0.318 e. The predicted octanol–water partition coefficient (Wildman–Crippen LogP) is 6.68. The molecule has 3 heteroatoms. The van der Waals surface area contributed by atoms with Crippen LogP contribution in [0.4, 0.5) is 4.39 Å². The van der Waals surface area contributed by atoms with Crippen molar-refractivity contribution in [1.82, 2.24) is 9.47 Å². The van der Waals surface area contributed by atoms with Crippen molar-refractivity contribution in [3.05, 3.63) is 107 Å². The van der Waals surface area contributed by atoms with Gasteiger partial charge < -0.3 is 4.57 Å². The van der Waals surface area contributed by atoms with Gasteiger partial charge in [0.2, 0.25) is 0 Å². The van der Waals surface area contributed by atoms with Crippen LogP contribution in [-0.4, -0.2) is 23.1 Å². The monoisotopic (exact) mass is 410 g/mol. The summed E-state index contributed by atoms with van der Waals surface area (Å²) in [5.41, 5.74) is 8.73. The third-order valence-corrected chi connectivity index (χ3v) is 6.46. The van der Waals surface area contributed by atoms with Gasteiger partial charge in [-0.15, -0.1) is 0 Å². The van der Waals surface area contributed by atoms with Crippen LogP contribution in [0.5, 0.6) is 0 Å². The molecule has 0 saturated heterocycles. The minimum absolute atomic E-state index is 0.190. The number of aromatic nitrogens is 1. The molecular formula is C28H27FN2. The number of likely N-dealkylation sites (N-methyl/N-ethyl adjacent to an activating group) is 1. The van der Waals surface area contributed by atoms with Crippen LogP contribution in [0.2, 0.25) is 0 Å². The van der Waals surface area contributed by atoms with E-state index in [0.29, 0.717) is 0 Å². The lowest BCUT2D eigenvalue weighted by Crippen LogP contribution is -2.33. The van der Waals surface area contributed by atoms with Crippen LogP contribution in [0.25, 0.3) is 22.7 Å². The zero-order valence-electron chi connectivity index (χ0n) is 18.3. The fourth-order valence-corrected chi connectivity index (χ4v) is 4.87. The van der Waals surface area contributed by atoms with E-state index >= 15 is 0 Å². The molecule has 0 fully saturated rings. The van der Waals surface area contributed by atoms with Gasteiger partial charge in [0.05, 0.1) is 11.6 Å². The molecule has 0 spiro atoms. The van der Waals surface area contributed by atoms with Gasteiger partial charge in [0, 0.05) is 23.8 Å². The van der Waals surface area contributed by atoms with Crippen molar-refractivity contribution >= 4 is 22.7 Å². The van der Waals surface area contributed by atoms with Gasteiger partial charge in [-0.3, -0.25) is 4.90 Å². The quantitative estimate of drug-likeness (QED) is 0.365. The minimum Gasteiger partial charge on any atom is -0.318 e. The van der Waals surface area contributed by atoms with Crippen LogP contribution >= 0.6 is 0 Å². The highest BCUT2D eigenvalue weighted by atomic mass is 19.1. The molecule has 2 heterocycles. The van der Waals surface area contributed by atoms with Gasteiger partial charge >= 0.3 is 0 Å². The normalized spacial score (nSPS) is 17.2. The van der Waals surface area contributed by atoms with Crippen LogP contribution in [0.15, 0.2) is 72.8 Å². The third kappa shape index (κ3) is 3.49. The number of fused-ring (bicyclic) bond motifs is 3. The Morgan fingerprint density at radius 3 is 2.48 bits per heavy atom. The van der Waals surface area contributed by atoms with Crippen molar-refractivity contribution in [3.63, 3.8) is 0 Å². The maximum Gasteiger partial charge on any atom is 0.123 e. The van der Waals surface area contributed by atoms with Crippen molar-refractivity contribution in [1.29, 1.82) is 0 Å². The number of allylic oxidation sites excluding steroid dienone is 1. The standard InChI is InChI=1S/C28H27FN2/c1-19-9-14-26-25(17-19)24-15-16-30(3)27(22-7-5-4-6-8-22)28(24)31(26)18-20(2)21-10-12-23(29)13-11-21/h4-14,17-18,27H,15-16H2,1-3H3. The second kappa shape index (κ2) is 7.82. The second-order valence-corrected chi connectivity index (χ2v) is 8.62. The fourth-order valence-electron chi connectivity index (χ4n) is 4.87. The number of benzene rings is 3. The van der Waals surface area contributed by atoms with Crippen LogP contribution in [0.1, 0.15) is 40.9 Å². The minimum atomic E-state index is -0.207. The number of hydrogen-bond donors (Lipinski definition) is 0. The zero-order chi connectivity index (χ0) is 21.5. The molecule has 4 aromatic rings. The molecule has 5 rings (SSSR count). The van der Waals surface area contributed by atoms with E-state index in [0.717, 1.165) is 24.1 Å². The highest BCUT2D eigenvalue weighted by Gasteiger charge is 2.31. The first kappa shape index (κ1) is 19.8. The summed E-state index contributed by atoms with van der Waals surface area (Å²) in [7, 11) is 2.21. The molecule has 1 unspecified atom stereocenters. The van der Waals surface area contributed by atoms with Gasteiger partial charge in [-0.05, 0) is 73.8 Å². The zero-order valence-corrected chi connectivity index (χ0v) is 18.3. The van der Waals surface area contributed by atoms with Crippen LogP contribution in [-0.2, 0) is 6.42 Å². The van der Waals surface area contributed by atoms with Crippen molar-refractivity contribution in [2.24, 2.45) is 0 Å². The molecule has 0 aliphatic carbocycles. The second-order valence-electron chi connectivity index (χ2n) is 8.62. The highest BCUT2D eigenvalue weighted by Crippen LogP contribution is 2.41. The molecule has 156 valence electrons. The van der Waals surface area contributed by atoms with Gasteiger partial charge in [0.1, 0.15) is 5.82 Å². The van der Waals surface area contributed by atoms with Crippen molar-refractivity contribution < 1.29 is 4.39 Å². The maximum atomic E-state index is 13.5. The summed E-state index contributed by atoms with van der Waals surface area (Å²) in [5.74, 6) is -0.207. The van der Waals surface area contributed by atoms with Gasteiger partial charge in [-0.1, -0.05) is 54.1 Å². The lowest BCUT2D eigenvalue weighted by atomic mass is 9.92. The number of halogens is 1. The van der Waals surface area contributed by atoms with Crippen molar-refractivity contribution in [2.45, 2.75) is 26.3 Å². The molecule has 31 heavy (non-hydrogen) atoms. The van der Waals surface area contributed by atoms with Gasteiger partial charge in [-0.2, -0.15) is 0 Å². The molecule has 2 nitrogen and oxygen atoms in total. The number of hydrogen-bond acceptors (Lipinski definition) is 1. The average molecular weight is 411 g/mol. The Kier molecular flexibility index (Phi) is 4.99. The third-order valence-electron chi connectivity index (χ3n) is 6.46. The van der Waals surface area contributed by atoms with E-state index in [1.807, 2.05) is 12.1 Å². The number of aryl methyl sites for hydroxylation is 1. The van der Waals surface area contributed by atoms with E-state index in [-0.39, 0.29) is 11.9 Å². The predicted molar refractivity (Wildman–Crippen MR) is 128 cm³/mol. The SMILES string of the molecule is CC(=Cn1c2c(c3cc(C)ccc31)CCN(C)C2c1ccccc1)c1ccc(F)cc1. The molecule has 0 bridgehead atoms. The smallest absolute Gasteiger partial charge is 0.123 e. The Hall–Kier alpha value is -3.17. The molecule has 1 aliphatic heterocycles. The molecule has 1 aliphatic rings. The Morgan fingerprint density at radius 1 is 1.00 bits per heavy atom. The highest BCUT2D eigenvalue weighted by molar-refractivity contribution is 5.91. The first-order chi connectivity index (χ1) is 15.0. The van der Waals surface area contributed by atoms with Crippen LogP contribution in [0, 0.1) is 12.7 Å². The van der Waals surface area contributed by atoms with Gasteiger partial charge in [0.25, 0.3) is 0 Å². The molecule has 0 saturated carbocycles. The van der Waals surface area contributed by atoms with Crippen LogP contribution < -0.4 is 0 Å². The van der Waals surface area contributed by atoms with Gasteiger partial charge in [-0.25, -0.2) is 4.39 Å². The van der Waals surface area contributed by atoms with E-state index < -0.39 is 0 Å². The Bertz CT molecular complexity index is 1270. The summed E-state index contributed by atoms with van der Waals surface area (Å²) in [6, 6.07) is 24.4. The Morgan fingerprint density at radius 2 is 1.74 bits per heavy atom. The van der Waals surface area contributed by atoms with E-state index in [1.54, 1.807) is 0 Å². The van der Waals surface area contributed by atoms with Crippen LogP contribution in [0.3, 0.4) is 0 Å². The summed E-state index contributed by atoms with van der Waals surface area (Å²) >= 11 is 0. The first-order valence-electron chi connectivity index (χ1n) is 10.9.